The first-order valence-electron chi connectivity index (χ1n) is 8.19. The number of rotatable bonds is 3. The number of amides is 1. The molecular weight excluding hydrogens is 340 g/mol. The van der Waals surface area contributed by atoms with Gasteiger partial charge in [-0.2, -0.15) is 0 Å². The highest BCUT2D eigenvalue weighted by atomic mass is 35.5. The Balaban J connectivity index is 1.85. The minimum atomic E-state index is -0.243. The lowest BCUT2D eigenvalue weighted by molar-refractivity contribution is 0.0746. The molecule has 0 radical (unpaired) electrons. The molecule has 0 aliphatic heterocycles. The van der Waals surface area contributed by atoms with Gasteiger partial charge in [-0.1, -0.05) is 31.5 Å². The Kier molecular flexibility index (Phi) is 4.45. The second kappa shape index (κ2) is 6.30. The number of halogens is 1. The van der Waals surface area contributed by atoms with Crippen LogP contribution in [0.4, 0.5) is 0 Å². The molecule has 0 aromatic carbocycles. The van der Waals surface area contributed by atoms with Crippen LogP contribution in [0.1, 0.15) is 58.1 Å². The molecule has 6 heteroatoms. The highest BCUT2D eigenvalue weighted by Crippen LogP contribution is 2.38. The summed E-state index contributed by atoms with van der Waals surface area (Å²) in [6, 6.07) is 3.51. The molecule has 5 nitrogen and oxygen atoms in total. The van der Waals surface area contributed by atoms with Crippen molar-refractivity contribution < 1.29 is 14.0 Å². The second-order valence-electron chi connectivity index (χ2n) is 7.45. The average Bonchev–Trinajstić information content (AvgIpc) is 2.84. The zero-order valence-electron chi connectivity index (χ0n) is 14.9. The zero-order valence-corrected chi connectivity index (χ0v) is 15.6. The fourth-order valence-corrected chi connectivity index (χ4v) is 3.42. The largest absolute Gasteiger partial charge is 0.455 e. The van der Waals surface area contributed by atoms with Crippen LogP contribution >= 0.6 is 11.6 Å². The molecule has 1 amide bonds. The maximum Gasteiger partial charge on any atom is 0.289 e. The fraction of sp³-hybridized carbons (Fsp3) is 0.421. The van der Waals surface area contributed by atoms with Gasteiger partial charge in [0.05, 0.1) is 5.56 Å². The Labute approximate surface area is 152 Å². The summed E-state index contributed by atoms with van der Waals surface area (Å²) in [5.74, 6) is 0.688. The van der Waals surface area contributed by atoms with E-state index in [0.29, 0.717) is 41.4 Å². The predicted octanol–water partition coefficient (Wildman–Crippen LogP) is 4.06. The molecule has 2 aromatic rings. The van der Waals surface area contributed by atoms with E-state index >= 15 is 0 Å². The van der Waals surface area contributed by atoms with E-state index in [1.54, 1.807) is 31.1 Å². The van der Waals surface area contributed by atoms with Crippen LogP contribution < -0.4 is 0 Å². The summed E-state index contributed by atoms with van der Waals surface area (Å²) in [7, 11) is 1.70. The van der Waals surface area contributed by atoms with Crippen molar-refractivity contribution in [3.05, 3.63) is 51.7 Å². The molecule has 0 atom stereocenters. The number of furan rings is 1. The standard InChI is InChI=1S/C19H21ClN2O3/c1-11-16-13(23)7-19(2,3)8-14(16)25-17(11)18(24)22(4)10-12-5-6-15(20)21-9-12/h5-6,9H,7-8,10H2,1-4H3. The minimum Gasteiger partial charge on any atom is -0.455 e. The Bertz CT molecular complexity index is 837. The molecule has 0 N–H and O–H groups in total. The molecule has 132 valence electrons. The van der Waals surface area contributed by atoms with E-state index in [1.807, 2.05) is 19.9 Å². The molecule has 0 spiro atoms. The highest BCUT2D eigenvalue weighted by Gasteiger charge is 2.37. The van der Waals surface area contributed by atoms with Crippen molar-refractivity contribution >= 4 is 23.3 Å². The van der Waals surface area contributed by atoms with Crippen molar-refractivity contribution in [2.24, 2.45) is 5.41 Å². The normalized spacial score (nSPS) is 15.8. The first kappa shape index (κ1) is 17.7. The third-order valence-corrected chi connectivity index (χ3v) is 4.75. The monoisotopic (exact) mass is 360 g/mol. The van der Waals surface area contributed by atoms with E-state index in [1.165, 1.54) is 0 Å². The van der Waals surface area contributed by atoms with Gasteiger partial charge in [0.15, 0.2) is 11.5 Å². The predicted molar refractivity (Wildman–Crippen MR) is 94.9 cm³/mol. The maximum atomic E-state index is 12.8. The molecule has 0 saturated heterocycles. The molecule has 1 aliphatic rings. The highest BCUT2D eigenvalue weighted by molar-refractivity contribution is 6.29. The Morgan fingerprint density at radius 3 is 2.72 bits per heavy atom. The van der Waals surface area contributed by atoms with E-state index in [-0.39, 0.29) is 22.9 Å². The van der Waals surface area contributed by atoms with Gasteiger partial charge in [0.25, 0.3) is 5.91 Å². The molecular formula is C19H21ClN2O3. The lowest BCUT2D eigenvalue weighted by Crippen LogP contribution is -2.27. The first-order chi connectivity index (χ1) is 11.7. The minimum absolute atomic E-state index is 0.0519. The fourth-order valence-electron chi connectivity index (χ4n) is 3.31. The summed E-state index contributed by atoms with van der Waals surface area (Å²) in [6.07, 6.45) is 2.77. The van der Waals surface area contributed by atoms with E-state index < -0.39 is 0 Å². The number of hydrogen-bond acceptors (Lipinski definition) is 4. The van der Waals surface area contributed by atoms with Gasteiger partial charge in [-0.15, -0.1) is 0 Å². The molecule has 0 unspecified atom stereocenters. The van der Waals surface area contributed by atoms with Gasteiger partial charge < -0.3 is 9.32 Å². The van der Waals surface area contributed by atoms with Crippen LogP contribution in [0.2, 0.25) is 5.15 Å². The third kappa shape index (κ3) is 3.47. The Morgan fingerprint density at radius 2 is 2.08 bits per heavy atom. The maximum absolute atomic E-state index is 12.8. The van der Waals surface area contributed by atoms with Crippen molar-refractivity contribution in [3.63, 3.8) is 0 Å². The summed E-state index contributed by atoms with van der Waals surface area (Å²) >= 11 is 5.78. The lowest BCUT2D eigenvalue weighted by atomic mass is 9.76. The number of pyridine rings is 1. The van der Waals surface area contributed by atoms with Gasteiger partial charge in [0, 0.05) is 38.2 Å². The van der Waals surface area contributed by atoms with Crippen molar-refractivity contribution in [1.29, 1.82) is 0 Å². The molecule has 1 aliphatic carbocycles. The van der Waals surface area contributed by atoms with Crippen molar-refractivity contribution in [2.45, 2.75) is 40.2 Å². The Hall–Kier alpha value is -2.14. The number of carbonyl (C=O) groups excluding carboxylic acids is 2. The van der Waals surface area contributed by atoms with Crippen LogP contribution in [0.5, 0.6) is 0 Å². The van der Waals surface area contributed by atoms with Crippen molar-refractivity contribution in [1.82, 2.24) is 9.88 Å². The number of carbonyl (C=O) groups is 2. The average molecular weight is 361 g/mol. The summed E-state index contributed by atoms with van der Waals surface area (Å²) in [6.45, 7) is 6.23. The molecule has 0 fully saturated rings. The molecule has 0 bridgehead atoms. The third-order valence-electron chi connectivity index (χ3n) is 4.53. The van der Waals surface area contributed by atoms with E-state index in [0.717, 1.165) is 5.56 Å². The van der Waals surface area contributed by atoms with Gasteiger partial charge in [0.1, 0.15) is 10.9 Å². The molecule has 25 heavy (non-hydrogen) atoms. The van der Waals surface area contributed by atoms with Gasteiger partial charge in [-0.05, 0) is 24.0 Å². The molecule has 2 heterocycles. The Morgan fingerprint density at radius 1 is 1.36 bits per heavy atom. The second-order valence-corrected chi connectivity index (χ2v) is 7.83. The topological polar surface area (TPSA) is 63.4 Å². The summed E-state index contributed by atoms with van der Waals surface area (Å²) in [5.41, 5.74) is 1.95. The number of fused-ring (bicyclic) bond motifs is 1. The van der Waals surface area contributed by atoms with E-state index in [4.69, 9.17) is 16.0 Å². The van der Waals surface area contributed by atoms with Crippen LogP contribution in [0, 0.1) is 12.3 Å². The van der Waals surface area contributed by atoms with E-state index in [9.17, 15) is 9.59 Å². The summed E-state index contributed by atoms with van der Waals surface area (Å²) in [5, 5.41) is 0.411. The van der Waals surface area contributed by atoms with Crippen LogP contribution in [0.25, 0.3) is 0 Å². The van der Waals surface area contributed by atoms with Crippen LogP contribution in [-0.2, 0) is 13.0 Å². The number of Topliss-reactive ketones (excluding diaryl/α,β-unsaturated/α-hetero) is 1. The van der Waals surface area contributed by atoms with Gasteiger partial charge in [0.2, 0.25) is 0 Å². The number of hydrogen-bond donors (Lipinski definition) is 0. The van der Waals surface area contributed by atoms with Gasteiger partial charge in [-0.25, -0.2) is 4.98 Å². The van der Waals surface area contributed by atoms with Gasteiger partial charge in [-0.3, -0.25) is 9.59 Å². The van der Waals surface area contributed by atoms with Crippen LogP contribution in [0.3, 0.4) is 0 Å². The zero-order chi connectivity index (χ0) is 18.4. The number of ketones is 1. The molecule has 2 aromatic heterocycles. The summed E-state index contributed by atoms with van der Waals surface area (Å²) in [4.78, 5) is 30.8. The van der Waals surface area contributed by atoms with Crippen molar-refractivity contribution in [3.8, 4) is 0 Å². The van der Waals surface area contributed by atoms with E-state index in [2.05, 4.69) is 4.98 Å². The summed E-state index contributed by atoms with van der Waals surface area (Å²) < 4.78 is 5.83. The van der Waals surface area contributed by atoms with Crippen LogP contribution in [-0.4, -0.2) is 28.6 Å². The SMILES string of the molecule is Cc1c(C(=O)N(C)Cc2ccc(Cl)nc2)oc2c1C(=O)CC(C)(C)C2. The van der Waals surface area contributed by atoms with Crippen LogP contribution in [0.15, 0.2) is 22.7 Å². The molecule has 0 saturated carbocycles. The first-order valence-corrected chi connectivity index (χ1v) is 8.57. The smallest absolute Gasteiger partial charge is 0.289 e. The number of aromatic nitrogens is 1. The van der Waals surface area contributed by atoms with Crippen molar-refractivity contribution in [2.75, 3.05) is 7.05 Å². The number of nitrogens with zero attached hydrogens (tertiary/aromatic N) is 2. The quantitative estimate of drug-likeness (QED) is 0.774. The van der Waals surface area contributed by atoms with Gasteiger partial charge >= 0.3 is 0 Å². The lowest BCUT2D eigenvalue weighted by Gasteiger charge is -2.27. The molecule has 3 rings (SSSR count).